The van der Waals surface area contributed by atoms with Crippen molar-refractivity contribution in [3.05, 3.63) is 68.2 Å². The predicted octanol–water partition coefficient (Wildman–Crippen LogP) is 7.02. The van der Waals surface area contributed by atoms with Gasteiger partial charge in [0.25, 0.3) is 0 Å². The molecule has 3 aromatic rings. The molecule has 7 heteroatoms. The highest BCUT2D eigenvalue weighted by Crippen LogP contribution is 2.47. The number of benzene rings is 2. The van der Waals surface area contributed by atoms with E-state index in [2.05, 4.69) is 5.92 Å². The van der Waals surface area contributed by atoms with Crippen molar-refractivity contribution in [2.45, 2.75) is 44.6 Å². The summed E-state index contributed by atoms with van der Waals surface area (Å²) < 4.78 is 19.7. The van der Waals surface area contributed by atoms with Crippen LogP contribution in [0.3, 0.4) is 0 Å². The van der Waals surface area contributed by atoms with Crippen molar-refractivity contribution < 1.29 is 9.13 Å². The van der Waals surface area contributed by atoms with E-state index in [9.17, 15) is 4.39 Å². The molecule has 0 spiro atoms. The summed E-state index contributed by atoms with van der Waals surface area (Å²) in [6.45, 7) is 3.73. The van der Waals surface area contributed by atoms with Crippen LogP contribution in [0.5, 0.6) is 5.75 Å². The highest BCUT2D eigenvalue weighted by Gasteiger charge is 2.42. The van der Waals surface area contributed by atoms with Crippen LogP contribution in [-0.2, 0) is 5.54 Å². The van der Waals surface area contributed by atoms with Crippen LogP contribution in [0.4, 0.5) is 4.39 Å². The smallest absolute Gasteiger partial charge is 0.136 e. The number of halogens is 3. The van der Waals surface area contributed by atoms with Gasteiger partial charge in [-0.3, -0.25) is 0 Å². The molecule has 0 bridgehead atoms. The Bertz CT molecular complexity index is 1200. The number of terminal acetylenes is 1. The van der Waals surface area contributed by atoms with Gasteiger partial charge >= 0.3 is 0 Å². The van der Waals surface area contributed by atoms with Crippen LogP contribution in [0.1, 0.15) is 46.2 Å². The van der Waals surface area contributed by atoms with Crippen molar-refractivity contribution in [1.82, 2.24) is 4.98 Å². The van der Waals surface area contributed by atoms with Gasteiger partial charge in [-0.1, -0.05) is 42.5 Å². The predicted molar refractivity (Wildman–Crippen MR) is 137 cm³/mol. The monoisotopic (exact) mass is 504 g/mol. The van der Waals surface area contributed by atoms with Crippen LogP contribution >= 0.6 is 35.3 Å². The first-order valence-electron chi connectivity index (χ1n) is 10.6. The lowest BCUT2D eigenvalue weighted by Crippen LogP contribution is -2.42. The Morgan fingerprint density at radius 3 is 2.61 bits per heavy atom. The third-order valence-electron chi connectivity index (χ3n) is 6.23. The Labute approximate surface area is 209 Å². The molecule has 3 nitrogen and oxygen atoms in total. The lowest BCUT2D eigenvalue weighted by atomic mass is 9.77. The molecule has 1 aromatic heterocycles. The summed E-state index contributed by atoms with van der Waals surface area (Å²) in [4.78, 5) is 5.86. The summed E-state index contributed by atoms with van der Waals surface area (Å²) in [5.41, 5.74) is 8.75. The quantitative estimate of drug-likeness (QED) is 0.351. The largest absolute Gasteiger partial charge is 0.497 e. The molecule has 1 aliphatic carbocycles. The van der Waals surface area contributed by atoms with Gasteiger partial charge in [-0.15, -0.1) is 30.2 Å². The first-order chi connectivity index (χ1) is 15.3. The topological polar surface area (TPSA) is 48.1 Å². The number of nitrogens with two attached hydrogens (primary N) is 1. The van der Waals surface area contributed by atoms with Crippen molar-refractivity contribution in [3.63, 3.8) is 0 Å². The molecule has 1 heterocycles. The van der Waals surface area contributed by atoms with Gasteiger partial charge in [0.2, 0.25) is 0 Å². The third-order valence-corrected chi connectivity index (χ3v) is 7.67. The van der Waals surface area contributed by atoms with Gasteiger partial charge in [0, 0.05) is 16.4 Å². The number of methoxy groups -OCH3 is 1. The maximum absolute atomic E-state index is 14.5. The molecule has 1 fully saturated rings. The zero-order valence-corrected chi connectivity index (χ0v) is 21.2. The Kier molecular flexibility index (Phi) is 7.76. The number of rotatable bonds is 7. The van der Waals surface area contributed by atoms with E-state index in [0.717, 1.165) is 41.0 Å². The lowest BCUT2D eigenvalue weighted by molar-refractivity contribution is 0.408. The molecule has 0 amide bonds. The average Bonchev–Trinajstić information content (AvgIpc) is 3.53. The van der Waals surface area contributed by atoms with Crippen LogP contribution in [-0.4, -0.2) is 12.1 Å². The van der Waals surface area contributed by atoms with E-state index in [1.807, 2.05) is 25.1 Å². The minimum absolute atomic E-state index is 0. The van der Waals surface area contributed by atoms with E-state index in [1.54, 1.807) is 32.2 Å². The van der Waals surface area contributed by atoms with Crippen molar-refractivity contribution in [1.29, 1.82) is 0 Å². The fourth-order valence-corrected chi connectivity index (χ4v) is 5.36. The molecule has 0 aliphatic heterocycles. The minimum Gasteiger partial charge on any atom is -0.497 e. The molecule has 1 unspecified atom stereocenters. The maximum Gasteiger partial charge on any atom is 0.136 e. The molecule has 1 saturated carbocycles. The summed E-state index contributed by atoms with van der Waals surface area (Å²) in [5.74, 6) is 3.58. The number of ether oxygens (including phenoxy) is 1. The molecule has 2 atom stereocenters. The first kappa shape index (κ1) is 25.5. The normalized spacial score (nSPS) is 15.8. The molecule has 2 aromatic carbocycles. The van der Waals surface area contributed by atoms with Gasteiger partial charge in [0.15, 0.2) is 0 Å². The maximum atomic E-state index is 14.5. The Hall–Kier alpha value is -2.10. The zero-order valence-electron chi connectivity index (χ0n) is 18.8. The van der Waals surface area contributed by atoms with E-state index in [0.29, 0.717) is 27.3 Å². The lowest BCUT2D eigenvalue weighted by Gasteiger charge is -2.32. The van der Waals surface area contributed by atoms with Crippen LogP contribution < -0.4 is 10.5 Å². The third kappa shape index (κ3) is 5.05. The Morgan fingerprint density at radius 2 is 2.03 bits per heavy atom. The standard InChI is InChI=1S/C26H26ClFN2OS.ClH/c1-5-26(29,21(12-17-7-8-17)18-9-6-15(2)23(28)13-18)25-30-24(16(3)32-25)20-11-10-19(31-4)14-22(20)27;/h1,6,9-11,13-14,17,21H,7-8,12,29H2,2-4H3;1H/t21-,26?;/m0./s1. The van der Waals surface area contributed by atoms with Gasteiger partial charge in [-0.05, 0) is 61.6 Å². The van der Waals surface area contributed by atoms with Crippen molar-refractivity contribution in [2.24, 2.45) is 11.7 Å². The molecule has 33 heavy (non-hydrogen) atoms. The second kappa shape index (κ2) is 10.0. The number of hydrogen-bond acceptors (Lipinski definition) is 4. The number of thiazole rings is 1. The summed E-state index contributed by atoms with van der Waals surface area (Å²) in [6, 6.07) is 10.8. The second-order valence-corrected chi connectivity index (χ2v) is 10.1. The molecular formula is C26H27Cl2FN2OS. The van der Waals surface area contributed by atoms with Gasteiger partial charge in [-0.25, -0.2) is 9.37 Å². The second-order valence-electron chi connectivity index (χ2n) is 8.52. The van der Waals surface area contributed by atoms with Gasteiger partial charge in [0.1, 0.15) is 22.1 Å². The molecule has 2 N–H and O–H groups in total. The summed E-state index contributed by atoms with van der Waals surface area (Å²) in [5, 5.41) is 1.19. The van der Waals surface area contributed by atoms with E-state index in [-0.39, 0.29) is 24.1 Å². The van der Waals surface area contributed by atoms with Crippen molar-refractivity contribution in [2.75, 3.05) is 7.11 Å². The SMILES string of the molecule is C#CC(N)(c1nc(-c2ccc(OC)cc2Cl)c(C)s1)[C@@H](CC1CC1)c1ccc(C)c(F)c1.Cl. The first-order valence-corrected chi connectivity index (χ1v) is 11.8. The van der Waals surface area contributed by atoms with E-state index in [4.69, 9.17) is 33.5 Å². The summed E-state index contributed by atoms with van der Waals surface area (Å²) in [6.07, 6.45) is 9.16. The Morgan fingerprint density at radius 1 is 1.30 bits per heavy atom. The van der Waals surface area contributed by atoms with Gasteiger partial charge in [-0.2, -0.15) is 0 Å². The van der Waals surface area contributed by atoms with Crippen LogP contribution in [0, 0.1) is 37.9 Å². The number of nitrogens with zero attached hydrogens (tertiary/aromatic N) is 1. The van der Waals surface area contributed by atoms with Crippen LogP contribution in [0.2, 0.25) is 5.02 Å². The summed E-state index contributed by atoms with van der Waals surface area (Å²) in [7, 11) is 1.60. The summed E-state index contributed by atoms with van der Waals surface area (Å²) >= 11 is 7.99. The fourth-order valence-electron chi connectivity index (χ4n) is 4.05. The van der Waals surface area contributed by atoms with E-state index >= 15 is 0 Å². The Balaban J connectivity index is 0.00000306. The molecule has 0 saturated heterocycles. The van der Waals surface area contributed by atoms with E-state index in [1.165, 1.54) is 11.3 Å². The number of hydrogen-bond donors (Lipinski definition) is 1. The van der Waals surface area contributed by atoms with Gasteiger partial charge in [0.05, 0.1) is 17.8 Å². The molecule has 0 radical (unpaired) electrons. The molecular weight excluding hydrogens is 478 g/mol. The van der Waals surface area contributed by atoms with Gasteiger partial charge < -0.3 is 10.5 Å². The number of aryl methyl sites for hydroxylation is 2. The van der Waals surface area contributed by atoms with Crippen LogP contribution in [0.25, 0.3) is 11.3 Å². The molecule has 1 aliphatic rings. The molecule has 174 valence electrons. The van der Waals surface area contributed by atoms with Crippen molar-refractivity contribution >= 4 is 35.3 Å². The fraction of sp³-hybridized carbons (Fsp3) is 0.346. The number of aromatic nitrogens is 1. The van der Waals surface area contributed by atoms with Crippen LogP contribution in [0.15, 0.2) is 36.4 Å². The molecule has 4 rings (SSSR count). The van der Waals surface area contributed by atoms with Crippen molar-refractivity contribution in [3.8, 4) is 29.4 Å². The highest BCUT2D eigenvalue weighted by atomic mass is 35.5. The minimum atomic E-state index is -1.16. The highest BCUT2D eigenvalue weighted by molar-refractivity contribution is 7.12. The average molecular weight is 505 g/mol. The van der Waals surface area contributed by atoms with E-state index < -0.39 is 5.54 Å². The zero-order chi connectivity index (χ0) is 23.0.